The Balaban J connectivity index is 1.67. The quantitative estimate of drug-likeness (QED) is 0.615. The predicted molar refractivity (Wildman–Crippen MR) is 88.3 cm³/mol. The van der Waals surface area contributed by atoms with Gasteiger partial charge in [-0.25, -0.2) is 4.79 Å². The summed E-state index contributed by atoms with van der Waals surface area (Å²) in [7, 11) is 0. The van der Waals surface area contributed by atoms with Gasteiger partial charge in [-0.3, -0.25) is 9.59 Å². The van der Waals surface area contributed by atoms with Gasteiger partial charge in [0.15, 0.2) is 19.0 Å². The highest BCUT2D eigenvalue weighted by Gasteiger charge is 2.20. The topological polar surface area (TPSA) is 90.9 Å². The molecule has 0 saturated heterocycles. The molecule has 2 aromatic carbocycles. The Morgan fingerprint density at radius 2 is 1.96 bits per heavy atom. The fourth-order valence-electron chi connectivity index (χ4n) is 2.38. The van der Waals surface area contributed by atoms with Gasteiger partial charge in [0.1, 0.15) is 17.1 Å². The maximum Gasteiger partial charge on any atom is 0.387 e. The molecule has 0 bridgehead atoms. The average Bonchev–Trinajstić information content (AvgIpc) is 2.65. The molecule has 27 heavy (non-hydrogen) atoms. The van der Waals surface area contributed by atoms with Crippen LogP contribution in [0.2, 0.25) is 0 Å². The molecule has 9 heteroatoms. The Morgan fingerprint density at radius 3 is 2.74 bits per heavy atom. The molecular weight excluding hydrogens is 364 g/mol. The second-order valence-electron chi connectivity index (χ2n) is 5.42. The van der Waals surface area contributed by atoms with Crippen LogP contribution in [0, 0.1) is 0 Å². The lowest BCUT2D eigenvalue weighted by atomic mass is 10.1. The standard InChI is InChI=1S/C18H13F2NO6/c19-18(20)27-14-4-2-1-3-11(14)17(24)26-8-13(22)10-5-6-15-12(7-10)21-16(23)9-25-15/h1-7,18H,8-9H2,(H,21,23). The summed E-state index contributed by atoms with van der Waals surface area (Å²) in [6, 6.07) is 9.67. The normalized spacial score (nSPS) is 12.6. The molecule has 0 unspecified atom stereocenters. The number of ketones is 1. The molecule has 140 valence electrons. The molecule has 7 nitrogen and oxygen atoms in total. The number of para-hydroxylation sites is 1. The van der Waals surface area contributed by atoms with Crippen molar-refractivity contribution in [3.05, 3.63) is 53.6 Å². The number of hydrogen-bond acceptors (Lipinski definition) is 6. The van der Waals surface area contributed by atoms with Crippen molar-refractivity contribution in [3.8, 4) is 11.5 Å². The first-order valence-electron chi connectivity index (χ1n) is 7.75. The number of rotatable bonds is 6. The summed E-state index contributed by atoms with van der Waals surface area (Å²) >= 11 is 0. The maximum absolute atomic E-state index is 12.4. The van der Waals surface area contributed by atoms with Gasteiger partial charge in [0.2, 0.25) is 0 Å². The van der Waals surface area contributed by atoms with E-state index in [0.29, 0.717) is 11.4 Å². The number of ether oxygens (including phenoxy) is 3. The minimum Gasteiger partial charge on any atom is -0.482 e. The number of anilines is 1. The zero-order chi connectivity index (χ0) is 19.4. The number of esters is 1. The maximum atomic E-state index is 12.4. The largest absolute Gasteiger partial charge is 0.482 e. The van der Waals surface area contributed by atoms with Crippen molar-refractivity contribution in [2.45, 2.75) is 6.61 Å². The number of fused-ring (bicyclic) bond motifs is 1. The van der Waals surface area contributed by atoms with Crippen molar-refractivity contribution in [1.29, 1.82) is 0 Å². The summed E-state index contributed by atoms with van der Waals surface area (Å²) < 4.78 is 39.1. The predicted octanol–water partition coefficient (Wildman–Crippen LogP) is 2.66. The summed E-state index contributed by atoms with van der Waals surface area (Å²) in [5.41, 5.74) is 0.292. The summed E-state index contributed by atoms with van der Waals surface area (Å²) in [6.45, 7) is -3.83. The number of alkyl halides is 2. The van der Waals surface area contributed by atoms with E-state index in [0.717, 1.165) is 0 Å². The molecule has 0 aromatic heterocycles. The number of carbonyl (C=O) groups excluding carboxylic acids is 3. The van der Waals surface area contributed by atoms with Crippen molar-refractivity contribution < 1.29 is 37.4 Å². The van der Waals surface area contributed by atoms with Crippen LogP contribution in [-0.2, 0) is 9.53 Å². The third-order valence-corrected chi connectivity index (χ3v) is 3.59. The second kappa shape index (κ2) is 7.81. The average molecular weight is 377 g/mol. The fourth-order valence-corrected chi connectivity index (χ4v) is 2.38. The van der Waals surface area contributed by atoms with Crippen LogP contribution in [0.1, 0.15) is 20.7 Å². The van der Waals surface area contributed by atoms with Crippen LogP contribution in [-0.4, -0.2) is 37.5 Å². The van der Waals surface area contributed by atoms with Crippen molar-refractivity contribution in [3.63, 3.8) is 0 Å². The van der Waals surface area contributed by atoms with E-state index in [4.69, 9.17) is 9.47 Å². The van der Waals surface area contributed by atoms with Crippen LogP contribution in [0.5, 0.6) is 11.5 Å². The van der Waals surface area contributed by atoms with Crippen LogP contribution >= 0.6 is 0 Å². The number of amides is 1. The number of nitrogens with one attached hydrogen (secondary N) is 1. The summed E-state index contributed by atoms with van der Waals surface area (Å²) in [5, 5.41) is 2.56. The Hall–Kier alpha value is -3.49. The minimum atomic E-state index is -3.10. The summed E-state index contributed by atoms with van der Waals surface area (Å²) in [5.74, 6) is -1.80. The molecule has 3 rings (SSSR count). The van der Waals surface area contributed by atoms with E-state index in [1.807, 2.05) is 0 Å². The van der Waals surface area contributed by atoms with Gasteiger partial charge in [-0.05, 0) is 30.3 Å². The lowest BCUT2D eigenvalue weighted by molar-refractivity contribution is -0.118. The number of hydrogen-bond donors (Lipinski definition) is 1. The molecule has 1 aliphatic heterocycles. The Morgan fingerprint density at radius 1 is 1.19 bits per heavy atom. The van der Waals surface area contributed by atoms with Crippen LogP contribution in [0.15, 0.2) is 42.5 Å². The van der Waals surface area contributed by atoms with Gasteiger partial charge in [-0.1, -0.05) is 12.1 Å². The third-order valence-electron chi connectivity index (χ3n) is 3.59. The van der Waals surface area contributed by atoms with Crippen LogP contribution < -0.4 is 14.8 Å². The summed E-state index contributed by atoms with van der Waals surface area (Å²) in [6.07, 6.45) is 0. The van der Waals surface area contributed by atoms with Gasteiger partial charge in [-0.15, -0.1) is 0 Å². The Labute approximate surface area is 151 Å². The lowest BCUT2D eigenvalue weighted by Gasteiger charge is -2.18. The van der Waals surface area contributed by atoms with Crippen LogP contribution in [0.4, 0.5) is 14.5 Å². The molecule has 2 aromatic rings. The molecular formula is C18H13F2NO6. The molecule has 0 saturated carbocycles. The van der Waals surface area contributed by atoms with E-state index in [-0.39, 0.29) is 29.4 Å². The van der Waals surface area contributed by atoms with E-state index in [1.165, 1.54) is 42.5 Å². The highest BCUT2D eigenvalue weighted by Crippen LogP contribution is 2.28. The highest BCUT2D eigenvalue weighted by molar-refractivity contribution is 6.02. The van der Waals surface area contributed by atoms with E-state index >= 15 is 0 Å². The smallest absolute Gasteiger partial charge is 0.387 e. The van der Waals surface area contributed by atoms with E-state index < -0.39 is 25.0 Å². The van der Waals surface area contributed by atoms with E-state index in [2.05, 4.69) is 10.1 Å². The molecule has 0 aliphatic carbocycles. The van der Waals surface area contributed by atoms with Gasteiger partial charge >= 0.3 is 12.6 Å². The molecule has 1 aliphatic rings. The van der Waals surface area contributed by atoms with Crippen molar-refractivity contribution >= 4 is 23.3 Å². The number of carbonyl (C=O) groups is 3. The fraction of sp³-hybridized carbons (Fsp3) is 0.167. The first-order chi connectivity index (χ1) is 12.9. The van der Waals surface area contributed by atoms with Gasteiger partial charge in [0.25, 0.3) is 5.91 Å². The molecule has 0 atom stereocenters. The zero-order valence-corrected chi connectivity index (χ0v) is 13.7. The SMILES string of the molecule is O=C1COc2ccc(C(=O)COC(=O)c3ccccc3OC(F)F)cc2N1. The monoisotopic (exact) mass is 377 g/mol. The second-order valence-corrected chi connectivity index (χ2v) is 5.42. The number of halogens is 2. The number of Topliss-reactive ketones (excluding diaryl/α,β-unsaturated/α-hetero) is 1. The van der Waals surface area contributed by atoms with Crippen LogP contribution in [0.3, 0.4) is 0 Å². The Bertz CT molecular complexity index is 899. The molecule has 1 N–H and O–H groups in total. The first-order valence-corrected chi connectivity index (χ1v) is 7.75. The van der Waals surface area contributed by atoms with Gasteiger partial charge in [-0.2, -0.15) is 8.78 Å². The van der Waals surface area contributed by atoms with E-state index in [1.54, 1.807) is 0 Å². The van der Waals surface area contributed by atoms with Gasteiger partial charge in [0.05, 0.1) is 5.69 Å². The lowest BCUT2D eigenvalue weighted by Crippen LogP contribution is -2.25. The van der Waals surface area contributed by atoms with Crippen molar-refractivity contribution in [1.82, 2.24) is 0 Å². The molecule has 1 amide bonds. The van der Waals surface area contributed by atoms with E-state index in [9.17, 15) is 23.2 Å². The molecule has 0 spiro atoms. The molecule has 1 heterocycles. The van der Waals surface area contributed by atoms with Crippen molar-refractivity contribution in [2.75, 3.05) is 18.5 Å². The van der Waals surface area contributed by atoms with Crippen LogP contribution in [0.25, 0.3) is 0 Å². The zero-order valence-electron chi connectivity index (χ0n) is 13.7. The van der Waals surface area contributed by atoms with Gasteiger partial charge < -0.3 is 19.5 Å². The number of benzene rings is 2. The third kappa shape index (κ3) is 4.38. The van der Waals surface area contributed by atoms with Crippen molar-refractivity contribution in [2.24, 2.45) is 0 Å². The first kappa shape index (κ1) is 18.3. The Kier molecular flexibility index (Phi) is 5.30. The molecule has 0 radical (unpaired) electrons. The highest BCUT2D eigenvalue weighted by atomic mass is 19.3. The van der Waals surface area contributed by atoms with Gasteiger partial charge in [0, 0.05) is 5.56 Å². The molecule has 0 fully saturated rings. The summed E-state index contributed by atoms with van der Waals surface area (Å²) in [4.78, 5) is 35.6. The minimum absolute atomic E-state index is 0.113.